The Labute approximate surface area is 172 Å². The number of carbonyl (C=O) groups is 1. The molecule has 0 radical (unpaired) electrons. The molecule has 3 rings (SSSR count). The van der Waals surface area contributed by atoms with Crippen LogP contribution in [-0.2, 0) is 4.79 Å². The topological polar surface area (TPSA) is 80.6 Å². The normalized spacial score (nSPS) is 19.7. The maximum atomic E-state index is 12.9. The number of hydrogen-bond acceptors (Lipinski definition) is 5. The first kappa shape index (κ1) is 21.4. The summed E-state index contributed by atoms with van der Waals surface area (Å²) >= 11 is 0. The summed E-state index contributed by atoms with van der Waals surface area (Å²) < 4.78 is 11.4. The van der Waals surface area contributed by atoms with Crippen molar-refractivity contribution in [3.05, 3.63) is 39.7 Å². The second-order valence-corrected chi connectivity index (χ2v) is 9.65. The highest BCUT2D eigenvalue weighted by atomic mass is 16.5. The number of aryl methyl sites for hydroxylation is 2. The zero-order valence-corrected chi connectivity index (χ0v) is 18.4. The Kier molecular flexibility index (Phi) is 5.52. The predicted octanol–water partition coefficient (Wildman–Crippen LogP) is 3.60. The van der Waals surface area contributed by atoms with Crippen molar-refractivity contribution in [2.45, 2.75) is 84.5 Å². The van der Waals surface area contributed by atoms with Crippen LogP contribution in [0, 0.1) is 13.8 Å². The number of hydrogen-bond donors (Lipinski definition) is 2. The Bertz CT molecular complexity index is 974. The molecule has 1 fully saturated rings. The first-order chi connectivity index (χ1) is 13.3. The van der Waals surface area contributed by atoms with Gasteiger partial charge in [-0.05, 0) is 84.6 Å². The van der Waals surface area contributed by atoms with E-state index in [0.29, 0.717) is 11.3 Å². The van der Waals surface area contributed by atoms with Gasteiger partial charge in [0.15, 0.2) is 6.10 Å². The van der Waals surface area contributed by atoms with Gasteiger partial charge in [0.05, 0.1) is 5.39 Å². The van der Waals surface area contributed by atoms with Crippen molar-refractivity contribution in [3.63, 3.8) is 0 Å². The average Bonchev–Trinajstić information content (AvgIpc) is 2.50. The Balaban J connectivity index is 1.79. The quantitative estimate of drug-likeness (QED) is 0.767. The molecule has 0 unspecified atom stereocenters. The summed E-state index contributed by atoms with van der Waals surface area (Å²) in [6.45, 7) is 14.1. The first-order valence-corrected chi connectivity index (χ1v) is 10.2. The van der Waals surface area contributed by atoms with Gasteiger partial charge < -0.3 is 19.8 Å². The van der Waals surface area contributed by atoms with Crippen LogP contribution in [0.5, 0.6) is 5.75 Å². The molecule has 2 aromatic rings. The Morgan fingerprint density at radius 1 is 1.17 bits per heavy atom. The molecule has 6 nitrogen and oxygen atoms in total. The van der Waals surface area contributed by atoms with Gasteiger partial charge >= 0.3 is 5.63 Å². The molecular formula is C23H32N2O4. The number of rotatable bonds is 4. The number of amides is 1. The van der Waals surface area contributed by atoms with Gasteiger partial charge in [-0.3, -0.25) is 4.79 Å². The fourth-order valence-corrected chi connectivity index (χ4v) is 4.66. The maximum Gasteiger partial charge on any atom is 0.336 e. The van der Waals surface area contributed by atoms with Gasteiger partial charge in [-0.2, -0.15) is 0 Å². The molecule has 6 heteroatoms. The molecule has 29 heavy (non-hydrogen) atoms. The fourth-order valence-electron chi connectivity index (χ4n) is 4.66. The van der Waals surface area contributed by atoms with Gasteiger partial charge in [-0.15, -0.1) is 0 Å². The third-order valence-electron chi connectivity index (χ3n) is 5.36. The smallest absolute Gasteiger partial charge is 0.336 e. The number of carbonyl (C=O) groups excluding carboxylic acids is 1. The van der Waals surface area contributed by atoms with Crippen LogP contribution in [0.1, 0.15) is 58.6 Å². The zero-order chi connectivity index (χ0) is 21.6. The lowest BCUT2D eigenvalue weighted by Gasteiger charge is -2.46. The second kappa shape index (κ2) is 7.48. The third kappa shape index (κ3) is 4.99. The fraction of sp³-hybridized carbons (Fsp3) is 0.565. The van der Waals surface area contributed by atoms with Crippen molar-refractivity contribution in [3.8, 4) is 5.75 Å². The number of fused-ring (bicyclic) bond motifs is 1. The molecule has 1 atom stereocenters. The average molecular weight is 401 g/mol. The minimum atomic E-state index is -0.674. The highest BCUT2D eigenvalue weighted by Crippen LogP contribution is 2.31. The number of benzene rings is 1. The summed E-state index contributed by atoms with van der Waals surface area (Å²) in [4.78, 5) is 24.6. The van der Waals surface area contributed by atoms with E-state index in [1.54, 1.807) is 13.0 Å². The van der Waals surface area contributed by atoms with Crippen LogP contribution in [0.15, 0.2) is 27.4 Å². The van der Waals surface area contributed by atoms with Gasteiger partial charge in [0.25, 0.3) is 5.91 Å². The van der Waals surface area contributed by atoms with Gasteiger partial charge in [0, 0.05) is 23.2 Å². The Morgan fingerprint density at radius 2 is 1.79 bits per heavy atom. The van der Waals surface area contributed by atoms with Gasteiger partial charge in [0.1, 0.15) is 11.3 Å². The van der Waals surface area contributed by atoms with E-state index in [1.807, 2.05) is 19.9 Å². The molecular weight excluding hydrogens is 368 g/mol. The summed E-state index contributed by atoms with van der Waals surface area (Å²) in [5.41, 5.74) is 1.64. The van der Waals surface area contributed by atoms with Crippen LogP contribution >= 0.6 is 0 Å². The van der Waals surface area contributed by atoms with Crippen molar-refractivity contribution < 1.29 is 13.9 Å². The molecule has 1 aliphatic heterocycles. The lowest BCUT2D eigenvalue weighted by atomic mass is 9.79. The van der Waals surface area contributed by atoms with Gasteiger partial charge in [-0.25, -0.2) is 4.79 Å². The van der Waals surface area contributed by atoms with Crippen LogP contribution < -0.4 is 21.0 Å². The molecule has 1 aromatic heterocycles. The van der Waals surface area contributed by atoms with Gasteiger partial charge in [-0.1, -0.05) is 0 Å². The third-order valence-corrected chi connectivity index (χ3v) is 5.36. The molecule has 0 aliphatic carbocycles. The molecule has 0 spiro atoms. The highest BCUT2D eigenvalue weighted by Gasteiger charge is 2.38. The van der Waals surface area contributed by atoms with Crippen molar-refractivity contribution in [2.24, 2.45) is 0 Å². The van der Waals surface area contributed by atoms with Crippen LogP contribution in [0.2, 0.25) is 0 Å². The lowest BCUT2D eigenvalue weighted by Crippen LogP contribution is -2.62. The van der Waals surface area contributed by atoms with E-state index in [1.165, 1.54) is 6.07 Å². The minimum absolute atomic E-state index is 0.0504. The molecule has 0 bridgehead atoms. The van der Waals surface area contributed by atoms with E-state index >= 15 is 0 Å². The van der Waals surface area contributed by atoms with E-state index in [0.717, 1.165) is 29.4 Å². The molecule has 158 valence electrons. The Hall–Kier alpha value is -2.34. The zero-order valence-electron chi connectivity index (χ0n) is 18.4. The molecule has 2 heterocycles. The maximum absolute atomic E-state index is 12.9. The lowest BCUT2D eigenvalue weighted by molar-refractivity contribution is -0.128. The molecule has 1 aliphatic rings. The van der Waals surface area contributed by atoms with E-state index in [4.69, 9.17) is 9.15 Å². The van der Waals surface area contributed by atoms with E-state index in [-0.39, 0.29) is 23.0 Å². The van der Waals surface area contributed by atoms with Crippen LogP contribution in [0.4, 0.5) is 0 Å². The van der Waals surface area contributed by atoms with E-state index in [2.05, 4.69) is 38.3 Å². The summed E-state index contributed by atoms with van der Waals surface area (Å²) in [6, 6.07) is 5.19. The van der Waals surface area contributed by atoms with Crippen molar-refractivity contribution in [1.29, 1.82) is 0 Å². The van der Waals surface area contributed by atoms with Crippen molar-refractivity contribution in [2.75, 3.05) is 0 Å². The summed E-state index contributed by atoms with van der Waals surface area (Å²) in [5, 5.41) is 7.50. The van der Waals surface area contributed by atoms with Gasteiger partial charge in [0.2, 0.25) is 0 Å². The first-order valence-electron chi connectivity index (χ1n) is 10.2. The molecule has 0 saturated carbocycles. The van der Waals surface area contributed by atoms with Crippen molar-refractivity contribution >= 4 is 16.9 Å². The summed E-state index contributed by atoms with van der Waals surface area (Å²) in [5.74, 6) is 0.406. The van der Waals surface area contributed by atoms with Crippen molar-refractivity contribution in [1.82, 2.24) is 10.6 Å². The van der Waals surface area contributed by atoms with Crippen LogP contribution in [0.25, 0.3) is 11.0 Å². The second-order valence-electron chi connectivity index (χ2n) is 9.65. The Morgan fingerprint density at radius 3 is 2.41 bits per heavy atom. The molecule has 1 saturated heterocycles. The molecule has 1 amide bonds. The number of piperidine rings is 1. The van der Waals surface area contributed by atoms with E-state index < -0.39 is 11.7 Å². The summed E-state index contributed by atoms with van der Waals surface area (Å²) in [6.07, 6.45) is 1.03. The number of nitrogens with one attached hydrogen (secondary N) is 2. The SMILES string of the molecule is Cc1cc(O[C@H](C)C(=O)NC2CC(C)(C)NC(C)(C)C2)c2c(C)cc(=O)oc2c1. The molecule has 2 N–H and O–H groups in total. The largest absolute Gasteiger partial charge is 0.480 e. The minimum Gasteiger partial charge on any atom is -0.480 e. The molecule has 1 aromatic carbocycles. The highest BCUT2D eigenvalue weighted by molar-refractivity contribution is 5.88. The van der Waals surface area contributed by atoms with Crippen LogP contribution in [-0.4, -0.2) is 29.1 Å². The summed E-state index contributed by atoms with van der Waals surface area (Å²) in [7, 11) is 0. The predicted molar refractivity (Wildman–Crippen MR) is 115 cm³/mol. The van der Waals surface area contributed by atoms with Crippen LogP contribution in [0.3, 0.4) is 0 Å². The van der Waals surface area contributed by atoms with E-state index in [9.17, 15) is 9.59 Å². The number of ether oxygens (including phenoxy) is 1. The monoisotopic (exact) mass is 400 g/mol. The standard InChI is InChI=1S/C23H32N2O4/c1-13-8-17(20-14(2)10-19(26)29-18(20)9-13)28-15(3)21(27)24-16-11-22(4,5)25-23(6,7)12-16/h8-10,15-16,25H,11-12H2,1-7H3,(H,24,27)/t15-/m1/s1.